The van der Waals surface area contributed by atoms with Crippen molar-refractivity contribution in [3.05, 3.63) is 34.9 Å². The molecule has 1 amide bonds. The molecular weight excluding hydrogens is 233 g/mol. The van der Waals surface area contributed by atoms with Gasteiger partial charge in [-0.15, -0.1) is 23.2 Å². The van der Waals surface area contributed by atoms with Gasteiger partial charge in [0, 0.05) is 17.3 Å². The van der Waals surface area contributed by atoms with Crippen molar-refractivity contribution >= 4 is 29.1 Å². The van der Waals surface area contributed by atoms with E-state index in [1.807, 2.05) is 18.2 Å². The average Bonchev–Trinajstić information content (AvgIpc) is 2.18. The van der Waals surface area contributed by atoms with Gasteiger partial charge < -0.3 is 5.73 Å². The fourth-order valence-corrected chi connectivity index (χ4v) is 2.00. The molecule has 0 spiro atoms. The molecule has 0 fully saturated rings. The largest absolute Gasteiger partial charge is 0.366 e. The van der Waals surface area contributed by atoms with Gasteiger partial charge in [-0.3, -0.25) is 4.79 Å². The maximum atomic E-state index is 11.3. The van der Waals surface area contributed by atoms with Crippen LogP contribution in [0, 0.1) is 0 Å². The molecule has 1 aromatic carbocycles. The number of benzene rings is 1. The van der Waals surface area contributed by atoms with Crippen molar-refractivity contribution in [2.24, 2.45) is 5.73 Å². The highest BCUT2D eigenvalue weighted by Crippen LogP contribution is 2.16. The predicted octanol–water partition coefficient (Wildman–Crippen LogP) is 2.35. The molecule has 0 aliphatic carbocycles. The lowest BCUT2D eigenvalue weighted by Crippen LogP contribution is -2.17. The number of primary amides is 1. The predicted molar refractivity (Wildman–Crippen MR) is 63.8 cm³/mol. The lowest BCUT2D eigenvalue weighted by atomic mass is 9.97. The van der Waals surface area contributed by atoms with Crippen LogP contribution in [0.15, 0.2) is 18.2 Å². The average molecular weight is 246 g/mol. The summed E-state index contributed by atoms with van der Waals surface area (Å²) < 4.78 is 0. The van der Waals surface area contributed by atoms with E-state index in [-0.39, 0.29) is 0 Å². The topological polar surface area (TPSA) is 43.1 Å². The molecule has 0 unspecified atom stereocenters. The van der Waals surface area contributed by atoms with Gasteiger partial charge >= 0.3 is 0 Å². The zero-order valence-corrected chi connectivity index (χ0v) is 9.81. The molecule has 2 N–H and O–H groups in total. The number of hydrogen-bond acceptors (Lipinski definition) is 1. The van der Waals surface area contributed by atoms with Crippen LogP contribution in [0.2, 0.25) is 0 Å². The highest BCUT2D eigenvalue weighted by molar-refractivity contribution is 6.18. The molecule has 15 heavy (non-hydrogen) atoms. The number of alkyl halides is 2. The molecule has 0 saturated heterocycles. The summed E-state index contributed by atoms with van der Waals surface area (Å²) in [6, 6.07) is 5.65. The molecule has 0 aromatic heterocycles. The Morgan fingerprint density at radius 3 is 1.93 bits per heavy atom. The number of halogens is 2. The van der Waals surface area contributed by atoms with Crippen molar-refractivity contribution in [3.8, 4) is 0 Å². The van der Waals surface area contributed by atoms with Gasteiger partial charge in [0.05, 0.1) is 0 Å². The van der Waals surface area contributed by atoms with Gasteiger partial charge in [0.15, 0.2) is 0 Å². The Labute approximate surface area is 99.4 Å². The number of aryl methyl sites for hydroxylation is 2. The SMILES string of the molecule is NC(=O)c1c(CCCl)cccc1CCCl. The van der Waals surface area contributed by atoms with Crippen LogP contribution in [-0.2, 0) is 12.8 Å². The fraction of sp³-hybridized carbons (Fsp3) is 0.364. The standard InChI is InChI=1S/C11H13Cl2NO/c12-6-4-8-2-1-3-9(5-7-13)10(8)11(14)15/h1-3H,4-7H2,(H2,14,15). The monoisotopic (exact) mass is 245 g/mol. The Hall–Kier alpha value is -0.730. The summed E-state index contributed by atoms with van der Waals surface area (Å²) in [6.45, 7) is 0. The van der Waals surface area contributed by atoms with Crippen LogP contribution in [0.1, 0.15) is 21.5 Å². The molecule has 82 valence electrons. The van der Waals surface area contributed by atoms with Gasteiger partial charge in [-0.2, -0.15) is 0 Å². The number of hydrogen-bond donors (Lipinski definition) is 1. The Morgan fingerprint density at radius 2 is 1.60 bits per heavy atom. The van der Waals surface area contributed by atoms with Crippen molar-refractivity contribution in [2.75, 3.05) is 11.8 Å². The smallest absolute Gasteiger partial charge is 0.249 e. The van der Waals surface area contributed by atoms with Crippen LogP contribution in [0.25, 0.3) is 0 Å². The number of carbonyl (C=O) groups excluding carboxylic acids is 1. The van der Waals surface area contributed by atoms with Crippen molar-refractivity contribution in [3.63, 3.8) is 0 Å². The van der Waals surface area contributed by atoms with Gasteiger partial charge in [0.2, 0.25) is 5.91 Å². The van der Waals surface area contributed by atoms with Crippen LogP contribution in [0.4, 0.5) is 0 Å². The van der Waals surface area contributed by atoms with E-state index in [1.165, 1.54) is 0 Å². The van der Waals surface area contributed by atoms with Gasteiger partial charge in [-0.25, -0.2) is 0 Å². The lowest BCUT2D eigenvalue weighted by molar-refractivity contribution is 0.0998. The molecule has 0 heterocycles. The Bertz CT molecular complexity index is 328. The summed E-state index contributed by atoms with van der Waals surface area (Å²) in [5.41, 5.74) is 7.74. The molecule has 0 atom stereocenters. The van der Waals surface area contributed by atoms with Crippen LogP contribution in [0.5, 0.6) is 0 Å². The van der Waals surface area contributed by atoms with Crippen LogP contribution < -0.4 is 5.73 Å². The molecular formula is C11H13Cl2NO. The molecule has 2 nitrogen and oxygen atoms in total. The fourth-order valence-electron chi connectivity index (χ4n) is 1.59. The second-order valence-electron chi connectivity index (χ2n) is 3.19. The van der Waals surface area contributed by atoms with Gasteiger partial charge in [-0.05, 0) is 24.0 Å². The summed E-state index contributed by atoms with van der Waals surface area (Å²) in [5, 5.41) is 0. The quantitative estimate of drug-likeness (QED) is 0.796. The molecule has 0 saturated carbocycles. The van der Waals surface area contributed by atoms with E-state index in [9.17, 15) is 4.79 Å². The van der Waals surface area contributed by atoms with Gasteiger partial charge in [0.1, 0.15) is 0 Å². The first-order valence-electron chi connectivity index (χ1n) is 4.73. The van der Waals surface area contributed by atoms with E-state index in [0.717, 1.165) is 11.1 Å². The minimum atomic E-state index is -0.407. The van der Waals surface area contributed by atoms with Crippen LogP contribution in [0.3, 0.4) is 0 Å². The molecule has 4 heteroatoms. The van der Waals surface area contributed by atoms with Crippen molar-refractivity contribution < 1.29 is 4.79 Å². The van der Waals surface area contributed by atoms with E-state index < -0.39 is 5.91 Å². The van der Waals surface area contributed by atoms with Crippen LogP contribution >= 0.6 is 23.2 Å². The van der Waals surface area contributed by atoms with Crippen LogP contribution in [-0.4, -0.2) is 17.7 Å². The molecule has 0 aliphatic rings. The van der Waals surface area contributed by atoms with Crippen molar-refractivity contribution in [2.45, 2.75) is 12.8 Å². The maximum absolute atomic E-state index is 11.3. The third-order valence-corrected chi connectivity index (χ3v) is 2.59. The molecule has 1 rings (SSSR count). The second kappa shape index (κ2) is 5.99. The lowest BCUT2D eigenvalue weighted by Gasteiger charge is -2.10. The maximum Gasteiger partial charge on any atom is 0.249 e. The minimum absolute atomic E-state index is 0.407. The molecule has 0 bridgehead atoms. The first-order chi connectivity index (χ1) is 7.20. The number of amides is 1. The molecule has 0 radical (unpaired) electrons. The van der Waals surface area contributed by atoms with Crippen molar-refractivity contribution in [1.82, 2.24) is 0 Å². The van der Waals surface area contributed by atoms with E-state index in [0.29, 0.717) is 30.2 Å². The highest BCUT2D eigenvalue weighted by atomic mass is 35.5. The normalized spacial score (nSPS) is 10.3. The summed E-state index contributed by atoms with van der Waals surface area (Å²) in [5.74, 6) is 0.547. The Kier molecular flexibility index (Phi) is 4.92. The van der Waals surface area contributed by atoms with E-state index >= 15 is 0 Å². The number of carbonyl (C=O) groups is 1. The van der Waals surface area contributed by atoms with Crippen molar-refractivity contribution in [1.29, 1.82) is 0 Å². The zero-order valence-electron chi connectivity index (χ0n) is 8.30. The Balaban J connectivity index is 3.15. The Morgan fingerprint density at radius 1 is 1.13 bits per heavy atom. The first kappa shape index (κ1) is 12.3. The van der Waals surface area contributed by atoms with Gasteiger partial charge in [0.25, 0.3) is 0 Å². The van der Waals surface area contributed by atoms with E-state index in [4.69, 9.17) is 28.9 Å². The third kappa shape index (κ3) is 3.11. The summed E-state index contributed by atoms with van der Waals surface area (Å²) >= 11 is 11.3. The second-order valence-corrected chi connectivity index (χ2v) is 3.95. The first-order valence-corrected chi connectivity index (χ1v) is 5.80. The van der Waals surface area contributed by atoms with Gasteiger partial charge in [-0.1, -0.05) is 18.2 Å². The highest BCUT2D eigenvalue weighted by Gasteiger charge is 2.12. The molecule has 1 aromatic rings. The number of rotatable bonds is 5. The summed E-state index contributed by atoms with van der Waals surface area (Å²) in [7, 11) is 0. The third-order valence-electron chi connectivity index (χ3n) is 2.21. The number of nitrogens with two attached hydrogens (primary N) is 1. The minimum Gasteiger partial charge on any atom is -0.366 e. The summed E-state index contributed by atoms with van der Waals surface area (Å²) in [4.78, 5) is 11.3. The summed E-state index contributed by atoms with van der Waals surface area (Å²) in [6.07, 6.45) is 1.30. The van der Waals surface area contributed by atoms with E-state index in [2.05, 4.69) is 0 Å². The van der Waals surface area contributed by atoms with E-state index in [1.54, 1.807) is 0 Å². The zero-order chi connectivity index (χ0) is 11.3. The molecule has 0 aliphatic heterocycles.